The third kappa shape index (κ3) is 5.69. The lowest BCUT2D eigenvalue weighted by Gasteiger charge is -2.15. The number of ether oxygens (including phenoxy) is 1. The molecule has 0 atom stereocenters. The second-order valence-corrected chi connectivity index (χ2v) is 11.2. The van der Waals surface area contributed by atoms with Gasteiger partial charge in [-0.1, -0.05) is 60.2 Å². The first kappa shape index (κ1) is 28.0. The summed E-state index contributed by atoms with van der Waals surface area (Å²) < 4.78 is 75.8. The number of nitrogens with one attached hydrogen (secondary N) is 1. The summed E-state index contributed by atoms with van der Waals surface area (Å²) in [6.45, 7) is 1.69. The lowest BCUT2D eigenvalue weighted by Crippen LogP contribution is -2.32. The van der Waals surface area contributed by atoms with Crippen molar-refractivity contribution in [3.05, 3.63) is 119 Å². The minimum Gasteiger partial charge on any atom is -0.497 e. The van der Waals surface area contributed by atoms with Gasteiger partial charge < -0.3 is 9.30 Å². The van der Waals surface area contributed by atoms with Crippen molar-refractivity contribution in [3.63, 3.8) is 0 Å². The fourth-order valence-corrected chi connectivity index (χ4v) is 5.68. The van der Waals surface area contributed by atoms with Gasteiger partial charge in [0.15, 0.2) is 0 Å². The molecule has 4 aromatic carbocycles. The van der Waals surface area contributed by atoms with Crippen molar-refractivity contribution in [2.75, 3.05) is 7.11 Å². The Balaban J connectivity index is 1.70. The molecule has 1 N–H and O–H groups in total. The van der Waals surface area contributed by atoms with Crippen molar-refractivity contribution in [2.24, 2.45) is 0 Å². The van der Waals surface area contributed by atoms with Crippen LogP contribution in [-0.2, 0) is 22.7 Å². The summed E-state index contributed by atoms with van der Waals surface area (Å²) in [5.74, 6) is -0.339. The molecule has 0 saturated carbocycles. The first-order valence-electron chi connectivity index (χ1n) is 12.5. The van der Waals surface area contributed by atoms with Crippen molar-refractivity contribution >= 4 is 26.8 Å². The van der Waals surface area contributed by atoms with Crippen LogP contribution in [0.3, 0.4) is 0 Å². The highest BCUT2D eigenvalue weighted by molar-refractivity contribution is 7.90. The van der Waals surface area contributed by atoms with E-state index < -0.39 is 27.7 Å². The molecule has 5 rings (SSSR count). The number of amides is 1. The summed E-state index contributed by atoms with van der Waals surface area (Å²) in [4.78, 5) is 13.8. The molecule has 5 aromatic rings. The quantitative estimate of drug-likeness (QED) is 0.230. The smallest absolute Gasteiger partial charge is 0.416 e. The van der Waals surface area contributed by atoms with Crippen molar-refractivity contribution in [2.45, 2.75) is 24.5 Å². The van der Waals surface area contributed by atoms with Crippen LogP contribution in [0.2, 0.25) is 0 Å². The second kappa shape index (κ2) is 10.8. The number of methoxy groups -OCH3 is 1. The van der Waals surface area contributed by atoms with Gasteiger partial charge in [-0.3, -0.25) is 4.79 Å². The molecule has 6 nitrogen and oxygen atoms in total. The normalized spacial score (nSPS) is 11.9. The number of nitrogens with zero attached hydrogens (tertiary/aromatic N) is 1. The van der Waals surface area contributed by atoms with E-state index >= 15 is 0 Å². The topological polar surface area (TPSA) is 77.4 Å². The van der Waals surface area contributed by atoms with Gasteiger partial charge >= 0.3 is 6.18 Å². The Bertz CT molecular complexity index is 1840. The summed E-state index contributed by atoms with van der Waals surface area (Å²) in [5.41, 5.74) is 1.89. The van der Waals surface area contributed by atoms with E-state index in [0.29, 0.717) is 27.8 Å². The molecule has 1 aromatic heterocycles. The minimum atomic E-state index is -4.55. The van der Waals surface area contributed by atoms with Crippen LogP contribution in [-0.4, -0.2) is 26.0 Å². The number of hydrogen-bond donors (Lipinski definition) is 1. The maximum Gasteiger partial charge on any atom is 0.416 e. The number of aromatic nitrogens is 1. The molecular formula is C31H25F3N2O4S. The molecule has 0 unspecified atom stereocenters. The third-order valence-electron chi connectivity index (χ3n) is 6.72. The number of rotatable bonds is 7. The molecule has 210 valence electrons. The zero-order valence-electron chi connectivity index (χ0n) is 22.1. The van der Waals surface area contributed by atoms with E-state index in [2.05, 4.69) is 4.72 Å². The van der Waals surface area contributed by atoms with Gasteiger partial charge in [-0.2, -0.15) is 13.2 Å². The van der Waals surface area contributed by atoms with Gasteiger partial charge in [0.1, 0.15) is 11.4 Å². The van der Waals surface area contributed by atoms with E-state index in [9.17, 15) is 26.4 Å². The largest absolute Gasteiger partial charge is 0.497 e. The molecule has 0 bridgehead atoms. The Morgan fingerprint density at radius 3 is 2.24 bits per heavy atom. The van der Waals surface area contributed by atoms with Crippen LogP contribution < -0.4 is 9.46 Å². The number of sulfonamides is 1. The lowest BCUT2D eigenvalue weighted by atomic mass is 10.0. The molecular weight excluding hydrogens is 553 g/mol. The van der Waals surface area contributed by atoms with Crippen LogP contribution in [0.15, 0.2) is 102 Å². The molecule has 0 spiro atoms. The van der Waals surface area contributed by atoms with E-state index in [1.54, 1.807) is 65.2 Å². The first-order valence-corrected chi connectivity index (χ1v) is 14.0. The van der Waals surface area contributed by atoms with Crippen LogP contribution in [0.5, 0.6) is 5.75 Å². The Morgan fingerprint density at radius 2 is 1.59 bits per heavy atom. The van der Waals surface area contributed by atoms with E-state index in [1.807, 2.05) is 6.92 Å². The number of aryl methyl sites for hydroxylation is 1. The fourth-order valence-electron chi connectivity index (χ4n) is 4.73. The molecule has 0 fully saturated rings. The SMILES string of the molecule is COc1ccc(-c2c(C(=O)NS(=O)(=O)c3ccc(C)cc3)n(Cc3cccc(C(F)(F)F)c3)c3ccccc23)cc1. The summed E-state index contributed by atoms with van der Waals surface area (Å²) >= 11 is 0. The first-order chi connectivity index (χ1) is 19.5. The minimum absolute atomic E-state index is 0.00975. The van der Waals surface area contributed by atoms with Gasteiger partial charge in [-0.25, -0.2) is 13.1 Å². The number of benzene rings is 4. The van der Waals surface area contributed by atoms with E-state index in [-0.39, 0.29) is 22.7 Å². The van der Waals surface area contributed by atoms with Crippen molar-refractivity contribution in [1.82, 2.24) is 9.29 Å². The van der Waals surface area contributed by atoms with Crippen molar-refractivity contribution in [1.29, 1.82) is 0 Å². The molecule has 41 heavy (non-hydrogen) atoms. The van der Waals surface area contributed by atoms with Gasteiger partial charge in [-0.15, -0.1) is 0 Å². The highest BCUT2D eigenvalue weighted by Gasteiger charge is 2.31. The summed E-state index contributed by atoms with van der Waals surface area (Å²) in [7, 11) is -2.75. The Hall–Kier alpha value is -4.57. The Morgan fingerprint density at radius 1 is 0.902 bits per heavy atom. The zero-order valence-corrected chi connectivity index (χ0v) is 22.9. The van der Waals surface area contributed by atoms with Crippen LogP contribution in [0, 0.1) is 6.92 Å². The van der Waals surface area contributed by atoms with E-state index in [1.165, 1.54) is 31.4 Å². The molecule has 0 aliphatic carbocycles. The van der Waals surface area contributed by atoms with Gasteiger partial charge in [0.25, 0.3) is 15.9 Å². The fraction of sp³-hybridized carbons (Fsp3) is 0.129. The Labute approximate surface area is 235 Å². The maximum atomic E-state index is 13.9. The lowest BCUT2D eigenvalue weighted by molar-refractivity contribution is -0.137. The van der Waals surface area contributed by atoms with Crippen molar-refractivity contribution in [3.8, 4) is 16.9 Å². The number of carbonyl (C=O) groups is 1. The molecule has 10 heteroatoms. The average Bonchev–Trinajstić information content (AvgIpc) is 3.27. The van der Waals surface area contributed by atoms with Gasteiger partial charge in [-0.05, 0) is 60.5 Å². The predicted octanol–water partition coefficient (Wildman–Crippen LogP) is 6.81. The van der Waals surface area contributed by atoms with Gasteiger partial charge in [0.05, 0.1) is 17.6 Å². The van der Waals surface area contributed by atoms with E-state index in [4.69, 9.17) is 4.74 Å². The highest BCUT2D eigenvalue weighted by Crippen LogP contribution is 2.37. The average molecular weight is 579 g/mol. The number of para-hydroxylation sites is 1. The van der Waals surface area contributed by atoms with Crippen LogP contribution in [0.25, 0.3) is 22.0 Å². The van der Waals surface area contributed by atoms with E-state index in [0.717, 1.165) is 17.7 Å². The van der Waals surface area contributed by atoms with Crippen LogP contribution in [0.4, 0.5) is 13.2 Å². The monoisotopic (exact) mass is 578 g/mol. The predicted molar refractivity (Wildman–Crippen MR) is 150 cm³/mol. The summed E-state index contributed by atoms with van der Waals surface area (Å²) in [5, 5.41) is 0.627. The number of alkyl halides is 3. The van der Waals surface area contributed by atoms with Crippen LogP contribution in [0.1, 0.15) is 27.2 Å². The van der Waals surface area contributed by atoms with Gasteiger partial charge in [0.2, 0.25) is 0 Å². The summed E-state index contributed by atoms with van der Waals surface area (Å²) in [6, 6.07) is 24.8. The molecule has 0 radical (unpaired) electrons. The molecule has 0 saturated heterocycles. The molecule has 0 aliphatic rings. The second-order valence-electron chi connectivity index (χ2n) is 9.50. The Kier molecular flexibility index (Phi) is 7.35. The number of halogens is 3. The van der Waals surface area contributed by atoms with Crippen LogP contribution >= 0.6 is 0 Å². The van der Waals surface area contributed by atoms with Crippen molar-refractivity contribution < 1.29 is 31.1 Å². The van der Waals surface area contributed by atoms with Gasteiger partial charge in [0, 0.05) is 23.0 Å². The number of carbonyl (C=O) groups excluding carboxylic acids is 1. The third-order valence-corrected chi connectivity index (χ3v) is 8.06. The molecule has 1 amide bonds. The molecule has 1 heterocycles. The summed E-state index contributed by atoms with van der Waals surface area (Å²) in [6.07, 6.45) is -4.55. The molecule has 0 aliphatic heterocycles. The zero-order chi connectivity index (χ0) is 29.4. The number of fused-ring (bicyclic) bond motifs is 1. The number of hydrogen-bond acceptors (Lipinski definition) is 4. The maximum absolute atomic E-state index is 13.9. The highest BCUT2D eigenvalue weighted by atomic mass is 32.2. The standard InChI is InChI=1S/C31H25F3N2O4S/c1-20-10-16-25(17-11-20)41(38,39)35-30(37)29-28(22-12-14-24(40-2)15-13-22)26-8-3-4-9-27(26)36(29)19-21-6-5-7-23(18-21)31(32,33)34/h3-18H,19H2,1-2H3,(H,35,37).